The van der Waals surface area contributed by atoms with Crippen LogP contribution in [0.25, 0.3) is 0 Å². The monoisotopic (exact) mass is 1100 g/mol. The van der Waals surface area contributed by atoms with Crippen LogP contribution in [0.15, 0.2) is 12.7 Å². The third-order valence-corrected chi connectivity index (χ3v) is 13.7. The van der Waals surface area contributed by atoms with Gasteiger partial charge >= 0.3 is 0 Å². The molecule has 0 radical (unpaired) electrons. The van der Waals surface area contributed by atoms with E-state index in [1.807, 2.05) is 33.8 Å². The maximum Gasteiger partial charge on any atom is 0.242 e. The first-order valence-corrected chi connectivity index (χ1v) is 30.7. The summed E-state index contributed by atoms with van der Waals surface area (Å²) < 4.78 is 19.2. The first kappa shape index (κ1) is 74.7. The van der Waals surface area contributed by atoms with Crippen molar-refractivity contribution in [3.05, 3.63) is 12.7 Å². The second kappa shape index (κ2) is 50.6. The van der Waals surface area contributed by atoms with Gasteiger partial charge in [-0.25, -0.2) is 0 Å². The standard InChI is InChI=1S/C59H122N10O8/c1-9-11-13-15-17-19-32-55(73)69-53(30-20-21-43-67-54(72)31-18-16-14-12-10-2)56(74)68-45-29-41-64-37-25-24-36-63-40-28-44-66-52(4)59(8,76-46-51(3)71)50-75-49-58(7,77-57(5,6)48-70)47-65-42-27-39-62-35-23-22-34-61-38-26-33-60/h9,51-53,61-66,70-71H,1,10-50,60H2,2-8H3,(H,67,72)(H,68,74)(H,69,73)/t51?,52?,53?,58?,59-/m1/s1. The smallest absolute Gasteiger partial charge is 0.242 e. The van der Waals surface area contributed by atoms with E-state index in [4.69, 9.17) is 19.9 Å². The lowest BCUT2D eigenvalue weighted by atomic mass is 9.98. The molecule has 3 amide bonds. The van der Waals surface area contributed by atoms with Crippen LogP contribution in [0.1, 0.15) is 196 Å². The molecule has 77 heavy (non-hydrogen) atoms. The molecular formula is C59H122N10O8. The predicted octanol–water partition coefficient (Wildman–Crippen LogP) is 5.49. The van der Waals surface area contributed by atoms with Gasteiger partial charge in [-0.1, -0.05) is 51.5 Å². The van der Waals surface area contributed by atoms with Crippen molar-refractivity contribution in [1.82, 2.24) is 47.9 Å². The molecule has 0 aliphatic rings. The highest BCUT2D eigenvalue weighted by Gasteiger charge is 2.37. The summed E-state index contributed by atoms with van der Waals surface area (Å²) in [6, 6.07) is -0.644. The molecule has 18 heteroatoms. The fourth-order valence-electron chi connectivity index (χ4n) is 8.74. The number of hydrogen-bond donors (Lipinski definition) is 12. The van der Waals surface area contributed by atoms with Crippen LogP contribution in [-0.2, 0) is 28.6 Å². The number of unbranched alkanes of at least 4 members (excludes halogenated alkanes) is 11. The number of aliphatic hydroxyl groups excluding tert-OH is 2. The van der Waals surface area contributed by atoms with Gasteiger partial charge in [0.25, 0.3) is 0 Å². The molecule has 18 nitrogen and oxygen atoms in total. The molecule has 0 aromatic rings. The summed E-state index contributed by atoms with van der Waals surface area (Å²) in [5, 5.41) is 50.4. The zero-order valence-electron chi connectivity index (χ0n) is 50.4. The second-order valence-electron chi connectivity index (χ2n) is 22.6. The van der Waals surface area contributed by atoms with Gasteiger partial charge in [-0.2, -0.15) is 0 Å². The van der Waals surface area contributed by atoms with Crippen LogP contribution in [0.5, 0.6) is 0 Å². The molecular weight excluding hydrogens is 977 g/mol. The van der Waals surface area contributed by atoms with E-state index in [0.717, 1.165) is 181 Å². The summed E-state index contributed by atoms with van der Waals surface area (Å²) in [7, 11) is 0. The SMILES string of the molecule is C=CCCCCCCC(=O)NC(CCCCNC(=O)CCCCCCC)C(=O)NCCCNCCCCNCCCNC(C)[C@@](C)(COCC(C)(CNCCCNCCCCNCCCN)OC(C)(C)CO)OCC(C)O. The van der Waals surface area contributed by atoms with E-state index in [9.17, 15) is 24.6 Å². The molecule has 0 heterocycles. The summed E-state index contributed by atoms with van der Waals surface area (Å²) in [6.07, 6.45) is 23.0. The predicted molar refractivity (Wildman–Crippen MR) is 318 cm³/mol. The van der Waals surface area contributed by atoms with E-state index in [1.165, 1.54) is 19.3 Å². The van der Waals surface area contributed by atoms with Gasteiger partial charge in [0.05, 0.1) is 38.1 Å². The van der Waals surface area contributed by atoms with Gasteiger partial charge in [0.15, 0.2) is 0 Å². The van der Waals surface area contributed by atoms with Gasteiger partial charge in [0.1, 0.15) is 17.2 Å². The van der Waals surface area contributed by atoms with Crippen molar-refractivity contribution in [2.24, 2.45) is 5.73 Å². The molecule has 0 bridgehead atoms. The van der Waals surface area contributed by atoms with Crippen molar-refractivity contribution in [2.75, 3.05) is 118 Å². The molecule has 13 N–H and O–H groups in total. The summed E-state index contributed by atoms with van der Waals surface area (Å²) in [4.78, 5) is 38.3. The number of hydrogen-bond acceptors (Lipinski definition) is 15. The van der Waals surface area contributed by atoms with Crippen molar-refractivity contribution in [1.29, 1.82) is 0 Å². The topological polar surface area (TPSA) is 254 Å². The number of aliphatic hydroxyl groups is 2. The molecule has 0 rings (SSSR count). The first-order chi connectivity index (χ1) is 37.1. The summed E-state index contributed by atoms with van der Waals surface area (Å²) in [6.45, 7) is 29.7. The fourth-order valence-corrected chi connectivity index (χ4v) is 8.74. The fraction of sp³-hybridized carbons (Fsp3) is 0.915. The zero-order valence-corrected chi connectivity index (χ0v) is 50.4. The Bertz CT molecular complexity index is 1400. The molecule has 0 aliphatic carbocycles. The third kappa shape index (κ3) is 46.0. The van der Waals surface area contributed by atoms with E-state index < -0.39 is 28.9 Å². The number of allylic oxidation sites excluding steroid dienone is 1. The van der Waals surface area contributed by atoms with Gasteiger partial charge in [-0.15, -0.1) is 6.58 Å². The van der Waals surface area contributed by atoms with Gasteiger partial charge in [0.2, 0.25) is 17.7 Å². The number of carbonyl (C=O) groups excluding carboxylic acids is 3. The Balaban J connectivity index is 4.64. The lowest BCUT2D eigenvalue weighted by molar-refractivity contribution is -0.187. The van der Waals surface area contributed by atoms with Crippen LogP contribution in [0.4, 0.5) is 0 Å². The van der Waals surface area contributed by atoms with Crippen molar-refractivity contribution in [3.63, 3.8) is 0 Å². The van der Waals surface area contributed by atoms with E-state index in [-0.39, 0.29) is 37.0 Å². The van der Waals surface area contributed by atoms with E-state index in [0.29, 0.717) is 52.1 Å². The molecule has 0 aromatic carbocycles. The normalized spacial score (nSPS) is 14.6. The molecule has 0 aliphatic heterocycles. The Labute approximate surface area is 470 Å². The van der Waals surface area contributed by atoms with Gasteiger partial charge < -0.3 is 78.0 Å². The second-order valence-corrected chi connectivity index (χ2v) is 22.6. The highest BCUT2D eigenvalue weighted by atomic mass is 16.6. The minimum atomic E-state index is -0.745. The average molecular weight is 1100 g/mol. The first-order valence-electron chi connectivity index (χ1n) is 30.7. The van der Waals surface area contributed by atoms with Crippen LogP contribution in [0.2, 0.25) is 0 Å². The molecule has 0 fully saturated rings. The van der Waals surface area contributed by atoms with E-state index in [1.54, 1.807) is 6.92 Å². The molecule has 0 saturated carbocycles. The van der Waals surface area contributed by atoms with Crippen LogP contribution < -0.4 is 53.6 Å². The number of amides is 3. The molecule has 0 aromatic heterocycles. The highest BCUT2D eigenvalue weighted by Crippen LogP contribution is 2.23. The molecule has 0 saturated heterocycles. The van der Waals surface area contributed by atoms with Crippen molar-refractivity contribution in [3.8, 4) is 0 Å². The maximum absolute atomic E-state index is 13.2. The Morgan fingerprint density at radius 1 is 0.610 bits per heavy atom. The summed E-state index contributed by atoms with van der Waals surface area (Å²) >= 11 is 0. The van der Waals surface area contributed by atoms with Gasteiger partial charge in [0, 0.05) is 38.5 Å². The highest BCUT2D eigenvalue weighted by molar-refractivity contribution is 5.87. The summed E-state index contributed by atoms with van der Waals surface area (Å²) in [5.41, 5.74) is 3.40. The molecule has 456 valence electrons. The summed E-state index contributed by atoms with van der Waals surface area (Å²) in [5.74, 6) is -0.132. The zero-order chi connectivity index (χ0) is 57.1. The number of rotatable bonds is 59. The lowest BCUT2D eigenvalue weighted by Gasteiger charge is -2.40. The van der Waals surface area contributed by atoms with Crippen LogP contribution in [0, 0.1) is 0 Å². The maximum atomic E-state index is 13.2. The Hall–Kier alpha value is -2.33. The Morgan fingerprint density at radius 2 is 1.13 bits per heavy atom. The molecule has 0 spiro atoms. The van der Waals surface area contributed by atoms with Crippen molar-refractivity contribution >= 4 is 17.7 Å². The van der Waals surface area contributed by atoms with Gasteiger partial charge in [-0.05, 0) is 210 Å². The largest absolute Gasteiger partial charge is 0.393 e. The average Bonchev–Trinajstić information content (AvgIpc) is 3.39. The third-order valence-electron chi connectivity index (χ3n) is 13.7. The van der Waals surface area contributed by atoms with E-state index in [2.05, 4.69) is 68.3 Å². The minimum Gasteiger partial charge on any atom is -0.393 e. The molecule has 5 atom stereocenters. The minimum absolute atomic E-state index is 0.0644. The Morgan fingerprint density at radius 3 is 1.71 bits per heavy atom. The Kier molecular flexibility index (Phi) is 49.1. The van der Waals surface area contributed by atoms with Crippen molar-refractivity contribution in [2.45, 2.75) is 231 Å². The van der Waals surface area contributed by atoms with Crippen molar-refractivity contribution < 1.29 is 38.8 Å². The number of nitrogens with one attached hydrogen (secondary N) is 9. The number of carbonyl (C=O) groups is 3. The van der Waals surface area contributed by atoms with Crippen LogP contribution in [0.3, 0.4) is 0 Å². The quantitative estimate of drug-likeness (QED) is 0.0266. The molecule has 4 unspecified atom stereocenters. The number of ether oxygens (including phenoxy) is 3. The lowest BCUT2D eigenvalue weighted by Crippen LogP contribution is -2.55. The van der Waals surface area contributed by atoms with Crippen LogP contribution in [-0.4, -0.2) is 181 Å². The number of nitrogens with two attached hydrogens (primary N) is 1. The van der Waals surface area contributed by atoms with E-state index >= 15 is 0 Å². The van der Waals surface area contributed by atoms with Gasteiger partial charge in [-0.3, -0.25) is 14.4 Å². The van der Waals surface area contributed by atoms with Crippen LogP contribution >= 0.6 is 0 Å².